The van der Waals surface area contributed by atoms with Crippen LogP contribution in [0.1, 0.15) is 35.7 Å². The minimum absolute atomic E-state index is 0. The summed E-state index contributed by atoms with van der Waals surface area (Å²) in [6.45, 7) is 3.56. The number of nitrogens with one attached hydrogen (secondary N) is 1. The molecule has 6 heteroatoms. The molecule has 0 spiro atoms. The second-order valence-electron chi connectivity index (χ2n) is 4.36. The van der Waals surface area contributed by atoms with E-state index in [1.807, 2.05) is 12.1 Å². The Morgan fingerprint density at radius 2 is 2.10 bits per heavy atom. The van der Waals surface area contributed by atoms with Crippen molar-refractivity contribution in [1.82, 2.24) is 5.32 Å². The van der Waals surface area contributed by atoms with Gasteiger partial charge in [-0.15, -0.1) is 24.0 Å². The molecule has 0 fully saturated rings. The molecule has 20 heavy (non-hydrogen) atoms. The number of carbonyl (C=O) groups is 1. The highest BCUT2D eigenvalue weighted by Crippen LogP contribution is 2.04. The Labute approximate surface area is 137 Å². The molecule has 5 N–H and O–H groups in total. The van der Waals surface area contributed by atoms with E-state index in [0.717, 1.165) is 31.4 Å². The second kappa shape index (κ2) is 10.5. The van der Waals surface area contributed by atoms with E-state index in [0.29, 0.717) is 18.1 Å². The number of hydrogen-bond donors (Lipinski definition) is 3. The molecule has 0 aliphatic rings. The Bertz CT molecular complexity index is 449. The molecule has 0 saturated carbocycles. The number of carbonyl (C=O) groups excluding carboxylic acids is 1. The standard InChI is InChI=1S/C14H22N4O.HI/c1-2-3-8-17-14(16)18-9-7-11-5-4-6-12(10-11)13(15)19;/h4-6,10H,2-3,7-9H2,1H3,(H2,15,19)(H3,16,17,18);1H. The normalized spacial score (nSPS) is 10.8. The van der Waals surface area contributed by atoms with Crippen LogP contribution >= 0.6 is 24.0 Å². The molecular formula is C14H23IN4O. The topological polar surface area (TPSA) is 93.5 Å². The van der Waals surface area contributed by atoms with Crippen LogP contribution in [0.2, 0.25) is 0 Å². The van der Waals surface area contributed by atoms with Crippen LogP contribution in [0.25, 0.3) is 0 Å². The molecule has 1 rings (SSSR count). The van der Waals surface area contributed by atoms with E-state index in [1.54, 1.807) is 12.1 Å². The molecular weight excluding hydrogens is 367 g/mol. The van der Waals surface area contributed by atoms with Crippen LogP contribution in [0.3, 0.4) is 0 Å². The fourth-order valence-electron chi connectivity index (χ4n) is 1.63. The molecule has 0 aliphatic heterocycles. The number of aliphatic imine (C=N–C) groups is 1. The third-order valence-corrected chi connectivity index (χ3v) is 2.73. The number of primary amides is 1. The van der Waals surface area contributed by atoms with Crippen LogP contribution < -0.4 is 16.8 Å². The van der Waals surface area contributed by atoms with Gasteiger partial charge in [0.15, 0.2) is 5.96 Å². The van der Waals surface area contributed by atoms with Crippen LogP contribution in [0, 0.1) is 0 Å². The molecule has 1 amide bonds. The first-order valence-corrected chi connectivity index (χ1v) is 6.56. The van der Waals surface area contributed by atoms with Gasteiger partial charge in [0.1, 0.15) is 0 Å². The average molecular weight is 390 g/mol. The van der Waals surface area contributed by atoms with Gasteiger partial charge in [-0.1, -0.05) is 25.5 Å². The summed E-state index contributed by atoms with van der Waals surface area (Å²) in [6, 6.07) is 7.29. The fourth-order valence-corrected chi connectivity index (χ4v) is 1.63. The summed E-state index contributed by atoms with van der Waals surface area (Å²) in [7, 11) is 0. The van der Waals surface area contributed by atoms with Crippen molar-refractivity contribution in [2.75, 3.05) is 13.1 Å². The van der Waals surface area contributed by atoms with Crippen molar-refractivity contribution in [3.05, 3.63) is 35.4 Å². The molecule has 0 saturated heterocycles. The van der Waals surface area contributed by atoms with Gasteiger partial charge in [0.05, 0.1) is 0 Å². The van der Waals surface area contributed by atoms with Crippen molar-refractivity contribution in [3.8, 4) is 0 Å². The number of halogens is 1. The summed E-state index contributed by atoms with van der Waals surface area (Å²) in [4.78, 5) is 15.2. The summed E-state index contributed by atoms with van der Waals surface area (Å²) in [5.74, 6) is 0.0648. The van der Waals surface area contributed by atoms with Crippen LogP contribution in [-0.4, -0.2) is 25.0 Å². The van der Waals surface area contributed by atoms with Gasteiger partial charge in [-0.05, 0) is 30.5 Å². The van der Waals surface area contributed by atoms with Crippen LogP contribution in [0.15, 0.2) is 29.3 Å². The number of rotatable bonds is 7. The van der Waals surface area contributed by atoms with E-state index in [2.05, 4.69) is 17.2 Å². The zero-order valence-electron chi connectivity index (χ0n) is 11.8. The van der Waals surface area contributed by atoms with Crippen LogP contribution in [0.4, 0.5) is 0 Å². The molecule has 0 heterocycles. The Morgan fingerprint density at radius 3 is 2.75 bits per heavy atom. The number of amides is 1. The van der Waals surface area contributed by atoms with Crippen molar-refractivity contribution in [1.29, 1.82) is 0 Å². The molecule has 0 aliphatic carbocycles. The van der Waals surface area contributed by atoms with E-state index in [9.17, 15) is 4.79 Å². The summed E-state index contributed by atoms with van der Waals surface area (Å²) in [6.07, 6.45) is 2.92. The quantitative estimate of drug-likeness (QED) is 0.286. The Hall–Kier alpha value is -1.31. The molecule has 5 nitrogen and oxygen atoms in total. The molecule has 112 valence electrons. The Kier molecular flexibility index (Phi) is 9.79. The molecule has 0 bridgehead atoms. The predicted octanol–water partition coefficient (Wildman–Crippen LogP) is 1.65. The van der Waals surface area contributed by atoms with Gasteiger partial charge in [-0.2, -0.15) is 0 Å². The van der Waals surface area contributed by atoms with Gasteiger partial charge in [0, 0.05) is 18.7 Å². The number of benzene rings is 1. The van der Waals surface area contributed by atoms with Gasteiger partial charge in [0.25, 0.3) is 0 Å². The maximum atomic E-state index is 11.0. The third kappa shape index (κ3) is 7.32. The highest BCUT2D eigenvalue weighted by molar-refractivity contribution is 14.0. The average Bonchev–Trinajstić information content (AvgIpc) is 2.39. The molecule has 1 aromatic rings. The minimum Gasteiger partial charge on any atom is -0.370 e. The van der Waals surface area contributed by atoms with Crippen molar-refractivity contribution in [2.24, 2.45) is 16.5 Å². The lowest BCUT2D eigenvalue weighted by Crippen LogP contribution is -2.33. The monoisotopic (exact) mass is 390 g/mol. The molecule has 0 aromatic heterocycles. The SMILES string of the molecule is CCCCN=C(N)NCCc1cccc(C(N)=O)c1.I. The van der Waals surface area contributed by atoms with Crippen molar-refractivity contribution in [3.63, 3.8) is 0 Å². The lowest BCUT2D eigenvalue weighted by molar-refractivity contribution is 0.1000. The number of guanidine groups is 1. The summed E-state index contributed by atoms with van der Waals surface area (Å²) in [5, 5.41) is 3.05. The number of hydrogen-bond acceptors (Lipinski definition) is 2. The maximum Gasteiger partial charge on any atom is 0.248 e. The zero-order valence-corrected chi connectivity index (χ0v) is 14.1. The molecule has 0 unspecified atom stereocenters. The highest BCUT2D eigenvalue weighted by Gasteiger charge is 2.01. The highest BCUT2D eigenvalue weighted by atomic mass is 127. The van der Waals surface area contributed by atoms with E-state index >= 15 is 0 Å². The first kappa shape index (κ1) is 18.7. The summed E-state index contributed by atoms with van der Waals surface area (Å²) < 4.78 is 0. The minimum atomic E-state index is -0.407. The maximum absolute atomic E-state index is 11.0. The predicted molar refractivity (Wildman–Crippen MR) is 93.5 cm³/mol. The van der Waals surface area contributed by atoms with E-state index < -0.39 is 5.91 Å². The molecule has 0 atom stereocenters. The van der Waals surface area contributed by atoms with E-state index in [4.69, 9.17) is 11.5 Å². The number of nitrogens with zero attached hydrogens (tertiary/aromatic N) is 1. The third-order valence-electron chi connectivity index (χ3n) is 2.73. The van der Waals surface area contributed by atoms with Gasteiger partial charge in [-0.3, -0.25) is 9.79 Å². The zero-order chi connectivity index (χ0) is 14.1. The lowest BCUT2D eigenvalue weighted by Gasteiger charge is -2.06. The molecule has 0 radical (unpaired) electrons. The van der Waals surface area contributed by atoms with Crippen LogP contribution in [0.5, 0.6) is 0 Å². The van der Waals surface area contributed by atoms with E-state index in [1.165, 1.54) is 0 Å². The second-order valence-corrected chi connectivity index (χ2v) is 4.36. The van der Waals surface area contributed by atoms with Crippen molar-refractivity contribution >= 4 is 35.8 Å². The first-order chi connectivity index (χ1) is 9.13. The largest absolute Gasteiger partial charge is 0.370 e. The van der Waals surface area contributed by atoms with Crippen LogP contribution in [-0.2, 0) is 6.42 Å². The summed E-state index contributed by atoms with van der Waals surface area (Å²) >= 11 is 0. The Balaban J connectivity index is 0.00000361. The lowest BCUT2D eigenvalue weighted by atomic mass is 10.1. The van der Waals surface area contributed by atoms with Gasteiger partial charge in [-0.25, -0.2) is 0 Å². The van der Waals surface area contributed by atoms with Gasteiger partial charge >= 0.3 is 0 Å². The smallest absolute Gasteiger partial charge is 0.248 e. The van der Waals surface area contributed by atoms with E-state index in [-0.39, 0.29) is 24.0 Å². The van der Waals surface area contributed by atoms with Gasteiger partial charge in [0.2, 0.25) is 5.91 Å². The first-order valence-electron chi connectivity index (χ1n) is 6.56. The summed E-state index contributed by atoms with van der Waals surface area (Å²) in [5.41, 5.74) is 12.5. The molecule has 1 aromatic carbocycles. The van der Waals surface area contributed by atoms with Crippen molar-refractivity contribution in [2.45, 2.75) is 26.2 Å². The van der Waals surface area contributed by atoms with Crippen molar-refractivity contribution < 1.29 is 4.79 Å². The number of nitrogens with two attached hydrogens (primary N) is 2. The van der Waals surface area contributed by atoms with Gasteiger partial charge < -0.3 is 16.8 Å². The number of unbranched alkanes of at least 4 members (excludes halogenated alkanes) is 1. The fraction of sp³-hybridized carbons (Fsp3) is 0.429. The Morgan fingerprint density at radius 1 is 1.35 bits per heavy atom.